The van der Waals surface area contributed by atoms with Crippen molar-refractivity contribution >= 4 is 34.9 Å². The SMILES string of the molecule is O=C(N1CCOCC1)N1CCc2cc(-c3cnc4[nH]cc(Cl)c4n3)cc([C@@H]3COCCN3C(=O)O)c2C1. The van der Waals surface area contributed by atoms with E-state index in [-0.39, 0.29) is 19.2 Å². The summed E-state index contributed by atoms with van der Waals surface area (Å²) in [5.74, 6) is 0. The van der Waals surface area contributed by atoms with Crippen LogP contribution in [0.3, 0.4) is 0 Å². The van der Waals surface area contributed by atoms with Crippen LogP contribution in [0, 0.1) is 0 Å². The number of nitrogens with zero attached hydrogens (tertiary/aromatic N) is 5. The highest BCUT2D eigenvalue weighted by Gasteiger charge is 2.34. The maximum atomic E-state index is 13.3. The Kier molecular flexibility index (Phi) is 6.35. The molecule has 2 N–H and O–H groups in total. The molecule has 1 atom stereocenters. The standard InChI is InChI=1S/C25H27ClN6O5/c26-19-11-27-23-22(19)29-20(12-28-23)16-9-15-1-2-31(24(33)30-3-6-36-7-4-30)13-18(15)17(10-16)21-14-37-8-5-32(21)25(34)35/h9-12,21H,1-8,13-14H2,(H,27,28)(H,34,35)/t21-/m0/s1. The highest BCUT2D eigenvalue weighted by molar-refractivity contribution is 6.34. The number of carbonyl (C=O) groups excluding carboxylic acids is 1. The van der Waals surface area contributed by atoms with Gasteiger partial charge in [-0.1, -0.05) is 11.6 Å². The Hall–Kier alpha value is -3.41. The average Bonchev–Trinajstić information content (AvgIpc) is 3.32. The summed E-state index contributed by atoms with van der Waals surface area (Å²) in [6.45, 7) is 4.06. The van der Waals surface area contributed by atoms with Crippen molar-refractivity contribution in [3.05, 3.63) is 46.2 Å². The lowest BCUT2D eigenvalue weighted by Gasteiger charge is -2.39. The van der Waals surface area contributed by atoms with Crippen LogP contribution in [0.25, 0.3) is 22.4 Å². The van der Waals surface area contributed by atoms with Gasteiger partial charge in [0.25, 0.3) is 0 Å². The third kappa shape index (κ3) is 4.47. The molecule has 2 saturated heterocycles. The molecule has 5 heterocycles. The molecule has 3 amide bonds. The molecule has 3 aliphatic rings. The topological polar surface area (TPSA) is 124 Å². The van der Waals surface area contributed by atoms with Crippen LogP contribution in [-0.2, 0) is 22.4 Å². The Morgan fingerprint density at radius 1 is 1.08 bits per heavy atom. The van der Waals surface area contributed by atoms with E-state index in [4.69, 9.17) is 26.1 Å². The van der Waals surface area contributed by atoms with Gasteiger partial charge in [0.2, 0.25) is 0 Å². The van der Waals surface area contributed by atoms with Crippen molar-refractivity contribution in [3.63, 3.8) is 0 Å². The van der Waals surface area contributed by atoms with Gasteiger partial charge in [-0.05, 0) is 35.2 Å². The molecule has 1 aromatic carbocycles. The van der Waals surface area contributed by atoms with Gasteiger partial charge in [0.05, 0.1) is 49.4 Å². The van der Waals surface area contributed by atoms with Crippen molar-refractivity contribution in [2.75, 3.05) is 52.6 Å². The van der Waals surface area contributed by atoms with Gasteiger partial charge >= 0.3 is 12.1 Å². The highest BCUT2D eigenvalue weighted by Crippen LogP contribution is 2.36. The second kappa shape index (κ2) is 9.81. The van der Waals surface area contributed by atoms with Crippen LogP contribution in [0.5, 0.6) is 0 Å². The van der Waals surface area contributed by atoms with Crippen LogP contribution in [0.2, 0.25) is 5.02 Å². The maximum Gasteiger partial charge on any atom is 0.407 e. The first kappa shape index (κ1) is 24.0. The number of H-pyrrole nitrogens is 1. The molecule has 0 radical (unpaired) electrons. The number of carboxylic acid groups (broad SMARTS) is 1. The molecule has 194 valence electrons. The van der Waals surface area contributed by atoms with E-state index in [2.05, 4.69) is 16.0 Å². The Morgan fingerprint density at radius 3 is 2.70 bits per heavy atom. The predicted octanol–water partition coefficient (Wildman–Crippen LogP) is 3.14. The molecule has 0 bridgehead atoms. The van der Waals surface area contributed by atoms with Gasteiger partial charge < -0.3 is 29.4 Å². The number of urea groups is 1. The minimum atomic E-state index is -0.996. The minimum Gasteiger partial charge on any atom is -0.465 e. The van der Waals surface area contributed by atoms with E-state index in [9.17, 15) is 14.7 Å². The van der Waals surface area contributed by atoms with Crippen molar-refractivity contribution in [1.82, 2.24) is 29.7 Å². The monoisotopic (exact) mass is 526 g/mol. The molecule has 12 heteroatoms. The van der Waals surface area contributed by atoms with Crippen molar-refractivity contribution in [2.45, 2.75) is 19.0 Å². The number of morpholine rings is 2. The van der Waals surface area contributed by atoms with E-state index >= 15 is 0 Å². The maximum absolute atomic E-state index is 13.3. The number of hydrogen-bond acceptors (Lipinski definition) is 6. The number of halogens is 1. The van der Waals surface area contributed by atoms with Gasteiger partial charge in [-0.15, -0.1) is 0 Å². The number of rotatable bonds is 2. The summed E-state index contributed by atoms with van der Waals surface area (Å²) in [7, 11) is 0. The van der Waals surface area contributed by atoms with E-state index < -0.39 is 12.1 Å². The normalized spacial score (nSPS) is 20.2. The summed E-state index contributed by atoms with van der Waals surface area (Å²) < 4.78 is 11.1. The molecule has 0 aliphatic carbocycles. The lowest BCUT2D eigenvalue weighted by atomic mass is 9.87. The summed E-state index contributed by atoms with van der Waals surface area (Å²) in [4.78, 5) is 42.7. The zero-order valence-electron chi connectivity index (χ0n) is 20.2. The number of hydrogen-bond donors (Lipinski definition) is 2. The molecule has 37 heavy (non-hydrogen) atoms. The van der Waals surface area contributed by atoms with Gasteiger partial charge in [0.15, 0.2) is 5.65 Å². The number of fused-ring (bicyclic) bond motifs is 2. The Labute approximate surface area is 217 Å². The molecular weight excluding hydrogens is 500 g/mol. The summed E-state index contributed by atoms with van der Waals surface area (Å²) in [5.41, 5.74) is 5.50. The van der Waals surface area contributed by atoms with E-state index in [1.807, 2.05) is 15.9 Å². The number of ether oxygens (including phenoxy) is 2. The van der Waals surface area contributed by atoms with E-state index in [0.29, 0.717) is 74.3 Å². The smallest absolute Gasteiger partial charge is 0.407 e. The van der Waals surface area contributed by atoms with Gasteiger partial charge in [-0.3, -0.25) is 4.90 Å². The Balaban J connectivity index is 1.42. The summed E-state index contributed by atoms with van der Waals surface area (Å²) >= 11 is 6.29. The zero-order chi connectivity index (χ0) is 25.5. The number of benzene rings is 1. The molecule has 0 spiro atoms. The number of amides is 3. The number of nitrogens with one attached hydrogen (secondary N) is 1. The van der Waals surface area contributed by atoms with Crippen molar-refractivity contribution in [2.24, 2.45) is 0 Å². The van der Waals surface area contributed by atoms with E-state index in [1.54, 1.807) is 12.4 Å². The summed E-state index contributed by atoms with van der Waals surface area (Å²) in [5, 5.41) is 10.4. The minimum absolute atomic E-state index is 0.0163. The van der Waals surface area contributed by atoms with Crippen LogP contribution >= 0.6 is 11.6 Å². The molecule has 6 rings (SSSR count). The first-order valence-electron chi connectivity index (χ1n) is 12.3. The lowest BCUT2D eigenvalue weighted by molar-refractivity contribution is -0.00149. The van der Waals surface area contributed by atoms with E-state index in [1.165, 1.54) is 4.90 Å². The molecule has 2 aromatic heterocycles. The quantitative estimate of drug-likeness (QED) is 0.525. The predicted molar refractivity (Wildman–Crippen MR) is 135 cm³/mol. The number of carbonyl (C=O) groups is 2. The Bertz CT molecular complexity index is 1360. The second-order valence-corrected chi connectivity index (χ2v) is 9.82. The number of aromatic amines is 1. The molecule has 0 unspecified atom stereocenters. The molecule has 3 aliphatic heterocycles. The van der Waals surface area contributed by atoms with Crippen LogP contribution in [0.4, 0.5) is 9.59 Å². The largest absolute Gasteiger partial charge is 0.465 e. The molecule has 11 nitrogen and oxygen atoms in total. The van der Waals surface area contributed by atoms with Gasteiger partial charge in [-0.25, -0.2) is 19.6 Å². The first-order chi connectivity index (χ1) is 18.0. The third-order valence-electron chi connectivity index (χ3n) is 7.29. The molecule has 3 aromatic rings. The van der Waals surface area contributed by atoms with Crippen LogP contribution < -0.4 is 0 Å². The number of aromatic nitrogens is 3. The van der Waals surface area contributed by atoms with Gasteiger partial charge in [0.1, 0.15) is 5.52 Å². The summed E-state index contributed by atoms with van der Waals surface area (Å²) in [6, 6.07) is 3.52. The fraction of sp³-hybridized carbons (Fsp3) is 0.440. The fourth-order valence-electron chi connectivity index (χ4n) is 5.35. The Morgan fingerprint density at radius 2 is 1.89 bits per heavy atom. The summed E-state index contributed by atoms with van der Waals surface area (Å²) in [6.07, 6.45) is 2.99. The molecular formula is C25H27ClN6O5. The first-order valence-corrected chi connectivity index (χ1v) is 12.7. The molecule has 2 fully saturated rings. The third-order valence-corrected chi connectivity index (χ3v) is 7.58. The van der Waals surface area contributed by atoms with Crippen LogP contribution in [0.15, 0.2) is 24.5 Å². The van der Waals surface area contributed by atoms with Crippen molar-refractivity contribution in [1.29, 1.82) is 0 Å². The van der Waals surface area contributed by atoms with Crippen LogP contribution in [0.1, 0.15) is 22.7 Å². The highest BCUT2D eigenvalue weighted by atomic mass is 35.5. The second-order valence-electron chi connectivity index (χ2n) is 9.41. The lowest BCUT2D eigenvalue weighted by Crippen LogP contribution is -2.50. The van der Waals surface area contributed by atoms with Gasteiger partial charge in [-0.2, -0.15) is 0 Å². The van der Waals surface area contributed by atoms with Crippen molar-refractivity contribution < 1.29 is 24.2 Å². The van der Waals surface area contributed by atoms with Gasteiger partial charge in [0, 0.05) is 44.5 Å². The fourth-order valence-corrected chi connectivity index (χ4v) is 5.54. The van der Waals surface area contributed by atoms with E-state index in [0.717, 1.165) is 22.3 Å². The zero-order valence-corrected chi connectivity index (χ0v) is 20.9. The molecule has 0 saturated carbocycles. The van der Waals surface area contributed by atoms with Crippen LogP contribution in [-0.4, -0.2) is 99.5 Å². The average molecular weight is 527 g/mol. The van der Waals surface area contributed by atoms with Crippen molar-refractivity contribution in [3.8, 4) is 11.3 Å².